The van der Waals surface area contributed by atoms with Crippen molar-refractivity contribution in [3.8, 4) is 0 Å². The Bertz CT molecular complexity index is 483. The predicted octanol–water partition coefficient (Wildman–Crippen LogP) is 0.878. The van der Waals surface area contributed by atoms with Gasteiger partial charge in [0.1, 0.15) is 0 Å². The number of rotatable bonds is 7. The summed E-state index contributed by atoms with van der Waals surface area (Å²) in [7, 11) is 3.56. The molecule has 0 unspecified atom stereocenters. The second-order valence-electron chi connectivity index (χ2n) is 4.70. The summed E-state index contributed by atoms with van der Waals surface area (Å²) >= 11 is 0. The average Bonchev–Trinajstić information content (AvgIpc) is 2.30. The van der Waals surface area contributed by atoms with Gasteiger partial charge in [-0.1, -0.05) is 0 Å². The highest BCUT2D eigenvalue weighted by atomic mass is 32.2. The van der Waals surface area contributed by atoms with E-state index in [1.807, 2.05) is 26.2 Å². The number of benzene rings is 1. The quantitative estimate of drug-likeness (QED) is 0.781. The largest absolute Gasteiger partial charge is 0.384 e. The van der Waals surface area contributed by atoms with E-state index in [2.05, 4.69) is 14.9 Å². The van der Waals surface area contributed by atoms with Gasteiger partial charge in [0, 0.05) is 38.6 Å². The first-order chi connectivity index (χ1) is 8.81. The fourth-order valence-corrected chi connectivity index (χ4v) is 1.94. The van der Waals surface area contributed by atoms with Crippen molar-refractivity contribution >= 4 is 21.6 Å². The van der Waals surface area contributed by atoms with Crippen molar-refractivity contribution in [1.82, 2.24) is 9.21 Å². The van der Waals surface area contributed by atoms with Gasteiger partial charge in [0.15, 0.2) is 0 Å². The van der Waals surface area contributed by atoms with Gasteiger partial charge in [-0.25, -0.2) is 0 Å². The van der Waals surface area contributed by atoms with Crippen LogP contribution in [0, 0.1) is 0 Å². The summed E-state index contributed by atoms with van der Waals surface area (Å²) in [5.41, 5.74) is 1.52. The van der Waals surface area contributed by atoms with E-state index in [9.17, 15) is 8.42 Å². The van der Waals surface area contributed by atoms with E-state index >= 15 is 0 Å². The summed E-state index contributed by atoms with van der Waals surface area (Å²) in [4.78, 5) is 2.09. The van der Waals surface area contributed by atoms with E-state index in [1.54, 1.807) is 12.1 Å². The summed E-state index contributed by atoms with van der Waals surface area (Å²) in [6.07, 6.45) is 0. The molecule has 1 rings (SSSR count). The molecule has 0 saturated heterocycles. The molecule has 0 heterocycles. The molecule has 0 atom stereocenters. The molecule has 0 saturated carbocycles. The Hall–Kier alpha value is -1.31. The zero-order valence-corrected chi connectivity index (χ0v) is 12.7. The van der Waals surface area contributed by atoms with E-state index in [-0.39, 0.29) is 0 Å². The molecule has 0 aliphatic rings. The molecule has 108 valence electrons. The van der Waals surface area contributed by atoms with E-state index in [0.29, 0.717) is 5.69 Å². The van der Waals surface area contributed by atoms with Gasteiger partial charge in [0.05, 0.1) is 0 Å². The van der Waals surface area contributed by atoms with Gasteiger partial charge in [0.25, 0.3) is 0 Å². The van der Waals surface area contributed by atoms with Crippen LogP contribution in [0.15, 0.2) is 24.3 Å². The minimum Gasteiger partial charge on any atom is -0.384 e. The van der Waals surface area contributed by atoms with E-state index < -0.39 is 10.2 Å². The lowest BCUT2D eigenvalue weighted by Gasteiger charge is -2.14. The number of nitrogens with one attached hydrogen (secondary N) is 2. The van der Waals surface area contributed by atoms with Crippen LogP contribution in [-0.2, 0) is 10.2 Å². The lowest BCUT2D eigenvalue weighted by atomic mass is 10.3. The number of hydrogen-bond donors (Lipinski definition) is 2. The fourth-order valence-electron chi connectivity index (χ4n) is 1.32. The van der Waals surface area contributed by atoms with Crippen molar-refractivity contribution in [2.75, 3.05) is 51.3 Å². The number of likely N-dealkylation sites (N-methyl/N-ethyl adjacent to an activating group) is 1. The fraction of sp³-hybridized carbons (Fsp3) is 0.500. The van der Waals surface area contributed by atoms with Crippen LogP contribution in [0.4, 0.5) is 11.4 Å². The average molecular weight is 286 g/mol. The Kier molecular flexibility index (Phi) is 5.59. The smallest absolute Gasteiger partial charge is 0.301 e. The maximum Gasteiger partial charge on any atom is 0.301 e. The summed E-state index contributed by atoms with van der Waals surface area (Å²) in [5.74, 6) is 0. The maximum absolute atomic E-state index is 11.6. The monoisotopic (exact) mass is 286 g/mol. The molecular weight excluding hydrogens is 264 g/mol. The number of hydrogen-bond acceptors (Lipinski definition) is 4. The van der Waals surface area contributed by atoms with Gasteiger partial charge in [-0.3, -0.25) is 4.72 Å². The SMILES string of the molecule is CN(C)CCNc1ccc(NS(=O)(=O)N(C)C)cc1. The standard InChI is InChI=1S/C12H22N4O2S/c1-15(2)10-9-13-11-5-7-12(8-6-11)14-19(17,18)16(3)4/h5-8,13-14H,9-10H2,1-4H3. The molecule has 0 fully saturated rings. The molecule has 7 heteroatoms. The van der Waals surface area contributed by atoms with Gasteiger partial charge in [-0.15, -0.1) is 0 Å². The highest BCUT2D eigenvalue weighted by Gasteiger charge is 2.12. The second kappa shape index (κ2) is 6.74. The molecule has 1 aromatic rings. The highest BCUT2D eigenvalue weighted by molar-refractivity contribution is 7.90. The van der Waals surface area contributed by atoms with Gasteiger partial charge < -0.3 is 10.2 Å². The molecule has 1 aromatic carbocycles. The van der Waals surface area contributed by atoms with Crippen LogP contribution in [-0.4, -0.2) is 58.9 Å². The summed E-state index contributed by atoms with van der Waals surface area (Å²) in [5, 5.41) is 3.26. The molecule has 0 spiro atoms. The highest BCUT2D eigenvalue weighted by Crippen LogP contribution is 2.15. The molecule has 2 N–H and O–H groups in total. The Balaban J connectivity index is 2.57. The maximum atomic E-state index is 11.6. The van der Waals surface area contributed by atoms with Gasteiger partial charge in [-0.05, 0) is 38.4 Å². The third-order valence-electron chi connectivity index (χ3n) is 2.50. The minimum atomic E-state index is -3.44. The third kappa shape index (κ3) is 5.46. The zero-order chi connectivity index (χ0) is 14.5. The molecule has 0 bridgehead atoms. The van der Waals surface area contributed by atoms with Crippen LogP contribution in [0.25, 0.3) is 0 Å². The van der Waals surface area contributed by atoms with Crippen molar-refractivity contribution in [3.05, 3.63) is 24.3 Å². The van der Waals surface area contributed by atoms with Crippen molar-refractivity contribution in [3.63, 3.8) is 0 Å². The van der Waals surface area contributed by atoms with Crippen LogP contribution < -0.4 is 10.0 Å². The van der Waals surface area contributed by atoms with Crippen LogP contribution in [0.5, 0.6) is 0 Å². The van der Waals surface area contributed by atoms with Gasteiger partial charge >= 0.3 is 10.2 Å². The number of nitrogens with zero attached hydrogens (tertiary/aromatic N) is 2. The summed E-state index contributed by atoms with van der Waals surface area (Å²) in [6.45, 7) is 1.78. The van der Waals surface area contributed by atoms with Gasteiger partial charge in [0.2, 0.25) is 0 Å². The molecular formula is C12H22N4O2S. The van der Waals surface area contributed by atoms with Crippen LogP contribution >= 0.6 is 0 Å². The lowest BCUT2D eigenvalue weighted by molar-refractivity contribution is 0.425. The zero-order valence-electron chi connectivity index (χ0n) is 11.8. The van der Waals surface area contributed by atoms with Crippen molar-refractivity contribution < 1.29 is 8.42 Å². The van der Waals surface area contributed by atoms with Crippen molar-refractivity contribution in [1.29, 1.82) is 0 Å². The molecule has 0 aliphatic heterocycles. The topological polar surface area (TPSA) is 64.7 Å². The van der Waals surface area contributed by atoms with Crippen molar-refractivity contribution in [2.45, 2.75) is 0 Å². The van der Waals surface area contributed by atoms with E-state index in [0.717, 1.165) is 23.1 Å². The second-order valence-corrected chi connectivity index (χ2v) is 6.58. The normalized spacial score (nSPS) is 11.9. The minimum absolute atomic E-state index is 0.548. The first kappa shape index (κ1) is 15.7. The predicted molar refractivity (Wildman–Crippen MR) is 79.7 cm³/mol. The van der Waals surface area contributed by atoms with Gasteiger partial charge in [-0.2, -0.15) is 12.7 Å². The van der Waals surface area contributed by atoms with Crippen LogP contribution in [0.3, 0.4) is 0 Å². The van der Waals surface area contributed by atoms with E-state index in [4.69, 9.17) is 0 Å². The molecule has 19 heavy (non-hydrogen) atoms. The molecule has 0 amide bonds. The third-order valence-corrected chi connectivity index (χ3v) is 3.96. The molecule has 0 radical (unpaired) electrons. The Morgan fingerprint density at radius 2 is 1.53 bits per heavy atom. The van der Waals surface area contributed by atoms with E-state index in [1.165, 1.54) is 14.1 Å². The first-order valence-corrected chi connectivity index (χ1v) is 7.44. The summed E-state index contributed by atoms with van der Waals surface area (Å²) < 4.78 is 26.9. The molecule has 6 nitrogen and oxygen atoms in total. The Morgan fingerprint density at radius 1 is 1.00 bits per heavy atom. The Labute approximate surface area is 115 Å². The van der Waals surface area contributed by atoms with Crippen LogP contribution in [0.2, 0.25) is 0 Å². The molecule has 0 aliphatic carbocycles. The first-order valence-electron chi connectivity index (χ1n) is 6.00. The Morgan fingerprint density at radius 3 is 2.00 bits per heavy atom. The van der Waals surface area contributed by atoms with Crippen LogP contribution in [0.1, 0.15) is 0 Å². The summed E-state index contributed by atoms with van der Waals surface area (Å²) in [6, 6.07) is 7.17. The molecule has 0 aromatic heterocycles. The van der Waals surface area contributed by atoms with Crippen molar-refractivity contribution in [2.24, 2.45) is 0 Å². The number of anilines is 2. The lowest BCUT2D eigenvalue weighted by Crippen LogP contribution is -2.28.